The third-order valence-corrected chi connectivity index (χ3v) is 5.53. The molecule has 1 saturated heterocycles. The van der Waals surface area contributed by atoms with Crippen molar-refractivity contribution in [2.75, 3.05) is 6.54 Å². The lowest BCUT2D eigenvalue weighted by Gasteiger charge is -2.35. The van der Waals surface area contributed by atoms with E-state index in [1.165, 1.54) is 0 Å². The van der Waals surface area contributed by atoms with Gasteiger partial charge in [-0.25, -0.2) is 0 Å². The van der Waals surface area contributed by atoms with Crippen molar-refractivity contribution in [2.24, 2.45) is 5.92 Å². The van der Waals surface area contributed by atoms with Crippen LogP contribution in [0.5, 0.6) is 0 Å². The molecule has 3 rings (SSSR count). The molecule has 0 aromatic heterocycles. The second-order valence-electron chi connectivity index (χ2n) is 6.63. The lowest BCUT2D eigenvalue weighted by atomic mass is 9.77. The Morgan fingerprint density at radius 3 is 2.36 bits per heavy atom. The van der Waals surface area contributed by atoms with E-state index in [0.717, 1.165) is 31.2 Å². The maximum absolute atomic E-state index is 13.3. The largest absolute Gasteiger partial charge is 0.481 e. The first-order chi connectivity index (χ1) is 10.6. The van der Waals surface area contributed by atoms with Gasteiger partial charge < -0.3 is 10.0 Å². The highest BCUT2D eigenvalue weighted by atomic mass is 16.4. The molecule has 1 heterocycles. The Kier molecular flexibility index (Phi) is 3.94. The standard InChI is InChI=1S/C18H23NO3/c1-13-15(16(20)21)9-12-19(13)17(22)18(10-5-6-11-18)14-7-3-2-4-8-14/h2-4,7-8,13,15H,5-6,9-12H2,1H3,(H,20,21). The first-order valence-corrected chi connectivity index (χ1v) is 8.16. The third-order valence-electron chi connectivity index (χ3n) is 5.53. The summed E-state index contributed by atoms with van der Waals surface area (Å²) in [6.45, 7) is 2.43. The second-order valence-corrected chi connectivity index (χ2v) is 6.63. The molecule has 4 nitrogen and oxygen atoms in total. The van der Waals surface area contributed by atoms with Gasteiger partial charge in [0, 0.05) is 12.6 Å². The molecule has 1 aromatic carbocycles. The number of nitrogens with zero attached hydrogens (tertiary/aromatic N) is 1. The molecule has 4 heteroatoms. The molecule has 1 aliphatic heterocycles. The van der Waals surface area contributed by atoms with E-state index in [-0.39, 0.29) is 11.9 Å². The summed E-state index contributed by atoms with van der Waals surface area (Å²) in [6.07, 6.45) is 4.43. The SMILES string of the molecule is CC1C(C(=O)O)CCN1C(=O)C1(c2ccccc2)CCCC1. The summed E-state index contributed by atoms with van der Waals surface area (Å²) >= 11 is 0. The van der Waals surface area contributed by atoms with Crippen molar-refractivity contribution in [1.82, 2.24) is 4.90 Å². The molecule has 1 saturated carbocycles. The van der Waals surface area contributed by atoms with Gasteiger partial charge in [0.25, 0.3) is 0 Å². The van der Waals surface area contributed by atoms with Gasteiger partial charge >= 0.3 is 5.97 Å². The number of carbonyl (C=O) groups is 2. The summed E-state index contributed by atoms with van der Waals surface area (Å²) in [5.41, 5.74) is 0.645. The van der Waals surface area contributed by atoms with E-state index in [0.29, 0.717) is 13.0 Å². The number of carboxylic acid groups (broad SMARTS) is 1. The number of hydrogen-bond acceptors (Lipinski definition) is 2. The third kappa shape index (κ3) is 2.31. The Hall–Kier alpha value is -1.84. The number of rotatable bonds is 3. The number of aliphatic carboxylic acids is 1. The van der Waals surface area contributed by atoms with Gasteiger partial charge in [-0.3, -0.25) is 9.59 Å². The fourth-order valence-corrected chi connectivity index (χ4v) is 4.19. The van der Waals surface area contributed by atoms with E-state index in [2.05, 4.69) is 0 Å². The summed E-state index contributed by atoms with van der Waals surface area (Å²) in [7, 11) is 0. The minimum absolute atomic E-state index is 0.132. The number of hydrogen-bond donors (Lipinski definition) is 1. The lowest BCUT2D eigenvalue weighted by molar-refractivity contribution is -0.144. The minimum atomic E-state index is -0.789. The molecular weight excluding hydrogens is 278 g/mol. The van der Waals surface area contributed by atoms with Gasteiger partial charge in [0.2, 0.25) is 5.91 Å². The smallest absolute Gasteiger partial charge is 0.308 e. The topological polar surface area (TPSA) is 57.6 Å². The Morgan fingerprint density at radius 2 is 1.82 bits per heavy atom. The predicted molar refractivity (Wildman–Crippen MR) is 83.5 cm³/mol. The van der Waals surface area contributed by atoms with Gasteiger partial charge in [-0.15, -0.1) is 0 Å². The summed E-state index contributed by atoms with van der Waals surface area (Å²) in [5, 5.41) is 9.29. The van der Waals surface area contributed by atoms with Crippen LogP contribution in [0.3, 0.4) is 0 Å². The van der Waals surface area contributed by atoms with E-state index >= 15 is 0 Å². The zero-order chi connectivity index (χ0) is 15.7. The molecule has 1 N–H and O–H groups in total. The average Bonchev–Trinajstić information content (AvgIpc) is 3.15. The van der Waals surface area contributed by atoms with Crippen molar-refractivity contribution in [3.63, 3.8) is 0 Å². The molecule has 1 amide bonds. The molecule has 1 aromatic rings. The van der Waals surface area contributed by atoms with E-state index in [1.807, 2.05) is 42.2 Å². The normalized spacial score (nSPS) is 27.0. The van der Waals surface area contributed by atoms with Crippen molar-refractivity contribution in [3.05, 3.63) is 35.9 Å². The van der Waals surface area contributed by atoms with Crippen LogP contribution in [0.4, 0.5) is 0 Å². The molecule has 0 spiro atoms. The monoisotopic (exact) mass is 301 g/mol. The van der Waals surface area contributed by atoms with Gasteiger partial charge in [0.1, 0.15) is 0 Å². The summed E-state index contributed by atoms with van der Waals surface area (Å²) in [4.78, 5) is 26.4. The van der Waals surface area contributed by atoms with E-state index in [9.17, 15) is 14.7 Å². The van der Waals surface area contributed by atoms with Crippen molar-refractivity contribution >= 4 is 11.9 Å². The van der Waals surface area contributed by atoms with Crippen LogP contribution >= 0.6 is 0 Å². The second kappa shape index (κ2) is 5.75. The maximum atomic E-state index is 13.3. The van der Waals surface area contributed by atoms with Gasteiger partial charge in [0.15, 0.2) is 0 Å². The van der Waals surface area contributed by atoms with Crippen molar-refractivity contribution in [2.45, 2.75) is 50.5 Å². The van der Waals surface area contributed by atoms with Crippen molar-refractivity contribution in [1.29, 1.82) is 0 Å². The molecule has 118 valence electrons. The molecule has 2 atom stereocenters. The highest BCUT2D eigenvalue weighted by Crippen LogP contribution is 2.44. The number of likely N-dealkylation sites (tertiary alicyclic amines) is 1. The van der Waals surface area contributed by atoms with Crippen LogP contribution in [0.1, 0.15) is 44.6 Å². The highest BCUT2D eigenvalue weighted by Gasteiger charge is 2.49. The Morgan fingerprint density at radius 1 is 1.18 bits per heavy atom. The molecule has 0 radical (unpaired) electrons. The number of amides is 1. The molecule has 2 unspecified atom stereocenters. The molecule has 2 fully saturated rings. The highest BCUT2D eigenvalue weighted by molar-refractivity contribution is 5.90. The van der Waals surface area contributed by atoms with Crippen LogP contribution in [-0.2, 0) is 15.0 Å². The van der Waals surface area contributed by atoms with Gasteiger partial charge in [-0.1, -0.05) is 43.2 Å². The quantitative estimate of drug-likeness (QED) is 0.934. The molecule has 1 aliphatic carbocycles. The van der Waals surface area contributed by atoms with Crippen LogP contribution in [0.2, 0.25) is 0 Å². The Bertz CT molecular complexity index is 563. The Labute approximate surface area is 131 Å². The van der Waals surface area contributed by atoms with Crippen molar-refractivity contribution < 1.29 is 14.7 Å². The minimum Gasteiger partial charge on any atom is -0.481 e. The average molecular weight is 301 g/mol. The number of benzene rings is 1. The maximum Gasteiger partial charge on any atom is 0.308 e. The summed E-state index contributed by atoms with van der Waals surface area (Å²) in [6, 6.07) is 9.80. The van der Waals surface area contributed by atoms with Crippen LogP contribution in [0.15, 0.2) is 30.3 Å². The zero-order valence-corrected chi connectivity index (χ0v) is 13.0. The van der Waals surface area contributed by atoms with Crippen LogP contribution in [-0.4, -0.2) is 34.5 Å². The van der Waals surface area contributed by atoms with E-state index in [1.54, 1.807) is 0 Å². The number of carboxylic acids is 1. The first-order valence-electron chi connectivity index (χ1n) is 8.16. The van der Waals surface area contributed by atoms with Crippen LogP contribution < -0.4 is 0 Å². The first kappa shape index (κ1) is 15.1. The van der Waals surface area contributed by atoms with Gasteiger partial charge in [-0.2, -0.15) is 0 Å². The fourth-order valence-electron chi connectivity index (χ4n) is 4.19. The molecule has 0 bridgehead atoms. The van der Waals surface area contributed by atoms with Crippen LogP contribution in [0.25, 0.3) is 0 Å². The molecular formula is C18H23NO3. The molecule has 22 heavy (non-hydrogen) atoms. The van der Waals surface area contributed by atoms with Crippen molar-refractivity contribution in [3.8, 4) is 0 Å². The number of carbonyl (C=O) groups excluding carboxylic acids is 1. The summed E-state index contributed by atoms with van der Waals surface area (Å²) < 4.78 is 0. The molecule has 2 aliphatic rings. The Balaban J connectivity index is 1.90. The summed E-state index contributed by atoms with van der Waals surface area (Å²) in [5.74, 6) is -1.09. The zero-order valence-electron chi connectivity index (χ0n) is 13.0. The van der Waals surface area contributed by atoms with Gasteiger partial charge in [0.05, 0.1) is 11.3 Å². The predicted octanol–water partition coefficient (Wildman–Crippen LogP) is 2.82. The van der Waals surface area contributed by atoms with E-state index in [4.69, 9.17) is 0 Å². The van der Waals surface area contributed by atoms with Crippen LogP contribution in [0, 0.1) is 5.92 Å². The fraction of sp³-hybridized carbons (Fsp3) is 0.556. The lowest BCUT2D eigenvalue weighted by Crippen LogP contribution is -2.48. The van der Waals surface area contributed by atoms with E-state index < -0.39 is 17.3 Å². The van der Waals surface area contributed by atoms with Gasteiger partial charge in [-0.05, 0) is 31.7 Å².